The number of aryl methyl sites for hydroxylation is 1. The quantitative estimate of drug-likeness (QED) is 0.925. The molecule has 114 valence electrons. The molecule has 3 nitrogen and oxygen atoms in total. The molecule has 2 bridgehead atoms. The molecule has 2 fully saturated rings. The van der Waals surface area contributed by atoms with Crippen LogP contribution in [0.15, 0.2) is 18.3 Å². The molecule has 0 radical (unpaired) electrons. The van der Waals surface area contributed by atoms with E-state index in [1.807, 2.05) is 6.20 Å². The average molecular weight is 285 g/mol. The van der Waals surface area contributed by atoms with Crippen LogP contribution in [0.5, 0.6) is 0 Å². The second kappa shape index (κ2) is 5.36. The molecule has 0 spiro atoms. The predicted molar refractivity (Wildman–Crippen MR) is 85.4 cm³/mol. The molecule has 3 aliphatic rings. The first-order valence-corrected chi connectivity index (χ1v) is 8.61. The van der Waals surface area contributed by atoms with Crippen molar-refractivity contribution in [1.29, 1.82) is 0 Å². The maximum Gasteiger partial charge on any atom is 0.0482 e. The molecule has 0 saturated carbocycles. The van der Waals surface area contributed by atoms with Crippen LogP contribution in [0.3, 0.4) is 0 Å². The number of hydrogen-bond acceptors (Lipinski definition) is 3. The van der Waals surface area contributed by atoms with E-state index in [-0.39, 0.29) is 0 Å². The van der Waals surface area contributed by atoms with E-state index in [9.17, 15) is 0 Å². The standard InChI is InChI=1S/C18H27N3/c1-19-17(13-10-14-6-7-15(11-13)21(14)2)16-8-5-12-4-3-9-20-18(12)16/h3-4,9,13-17,19H,5-8,10-11H2,1-2H3. The Bertz CT molecular complexity index is 501. The van der Waals surface area contributed by atoms with Gasteiger partial charge in [0.05, 0.1) is 0 Å². The molecule has 4 unspecified atom stereocenters. The Morgan fingerprint density at radius 3 is 2.71 bits per heavy atom. The zero-order valence-electron chi connectivity index (χ0n) is 13.3. The Morgan fingerprint density at radius 2 is 2.00 bits per heavy atom. The summed E-state index contributed by atoms with van der Waals surface area (Å²) >= 11 is 0. The largest absolute Gasteiger partial charge is 0.316 e. The SMILES string of the molecule is CNC(C1CC2CCC(C1)N2C)C1CCc2cccnc21. The van der Waals surface area contributed by atoms with Crippen LogP contribution in [0, 0.1) is 5.92 Å². The van der Waals surface area contributed by atoms with E-state index in [2.05, 4.69) is 36.4 Å². The summed E-state index contributed by atoms with van der Waals surface area (Å²) in [7, 11) is 4.49. The number of rotatable bonds is 3. The summed E-state index contributed by atoms with van der Waals surface area (Å²) in [6.45, 7) is 0. The van der Waals surface area contributed by atoms with Crippen LogP contribution in [-0.4, -0.2) is 42.1 Å². The number of pyridine rings is 1. The molecule has 0 aromatic carbocycles. The highest BCUT2D eigenvalue weighted by Gasteiger charge is 2.43. The number of likely N-dealkylation sites (N-methyl/N-ethyl adjacent to an activating group) is 1. The van der Waals surface area contributed by atoms with Crippen LogP contribution in [0.4, 0.5) is 0 Å². The van der Waals surface area contributed by atoms with Gasteiger partial charge >= 0.3 is 0 Å². The number of aromatic nitrogens is 1. The molecule has 1 aliphatic carbocycles. The first kappa shape index (κ1) is 13.7. The van der Waals surface area contributed by atoms with E-state index in [1.54, 1.807) is 0 Å². The number of nitrogens with one attached hydrogen (secondary N) is 1. The van der Waals surface area contributed by atoms with Crippen LogP contribution in [0.1, 0.15) is 49.3 Å². The van der Waals surface area contributed by atoms with Gasteiger partial charge in [-0.2, -0.15) is 0 Å². The Morgan fingerprint density at radius 1 is 1.24 bits per heavy atom. The van der Waals surface area contributed by atoms with Gasteiger partial charge in [-0.1, -0.05) is 6.07 Å². The topological polar surface area (TPSA) is 28.2 Å². The zero-order valence-corrected chi connectivity index (χ0v) is 13.3. The van der Waals surface area contributed by atoms with Gasteiger partial charge in [0.2, 0.25) is 0 Å². The monoisotopic (exact) mass is 285 g/mol. The summed E-state index contributed by atoms with van der Waals surface area (Å²) in [5.41, 5.74) is 2.86. The average Bonchev–Trinajstić information content (AvgIpc) is 2.98. The first-order valence-electron chi connectivity index (χ1n) is 8.61. The van der Waals surface area contributed by atoms with Crippen molar-refractivity contribution in [3.8, 4) is 0 Å². The lowest BCUT2D eigenvalue weighted by Crippen LogP contribution is -2.48. The number of nitrogens with zero attached hydrogens (tertiary/aromatic N) is 2. The molecule has 21 heavy (non-hydrogen) atoms. The molecule has 2 saturated heterocycles. The Kier molecular flexibility index (Phi) is 3.50. The lowest BCUT2D eigenvalue weighted by atomic mass is 9.78. The van der Waals surface area contributed by atoms with Crippen molar-refractivity contribution in [1.82, 2.24) is 15.2 Å². The second-order valence-electron chi connectivity index (χ2n) is 7.29. The third-order valence-corrected chi connectivity index (χ3v) is 6.41. The lowest BCUT2D eigenvalue weighted by Gasteiger charge is -2.41. The van der Waals surface area contributed by atoms with Crippen LogP contribution >= 0.6 is 0 Å². The van der Waals surface area contributed by atoms with E-state index in [0.717, 1.165) is 18.0 Å². The van der Waals surface area contributed by atoms with E-state index in [4.69, 9.17) is 4.98 Å². The Labute approximate surface area is 128 Å². The fourth-order valence-corrected chi connectivity index (χ4v) is 5.31. The fraction of sp³-hybridized carbons (Fsp3) is 0.722. The van der Waals surface area contributed by atoms with E-state index < -0.39 is 0 Å². The van der Waals surface area contributed by atoms with Crippen molar-refractivity contribution in [3.05, 3.63) is 29.6 Å². The Hall–Kier alpha value is -0.930. The smallest absolute Gasteiger partial charge is 0.0482 e. The summed E-state index contributed by atoms with van der Waals surface area (Å²) in [6.07, 6.45) is 10.0. The van der Waals surface area contributed by atoms with Crippen molar-refractivity contribution in [2.75, 3.05) is 14.1 Å². The highest BCUT2D eigenvalue weighted by molar-refractivity contribution is 5.30. The molecule has 4 atom stereocenters. The lowest BCUT2D eigenvalue weighted by molar-refractivity contribution is 0.107. The summed E-state index contributed by atoms with van der Waals surface area (Å²) in [5.74, 6) is 1.45. The van der Waals surface area contributed by atoms with Crippen LogP contribution < -0.4 is 5.32 Å². The molecular formula is C18H27N3. The summed E-state index contributed by atoms with van der Waals surface area (Å²) in [4.78, 5) is 7.37. The van der Waals surface area contributed by atoms with Crippen LogP contribution in [0.25, 0.3) is 0 Å². The molecular weight excluding hydrogens is 258 g/mol. The fourth-order valence-electron chi connectivity index (χ4n) is 5.31. The van der Waals surface area contributed by atoms with Crippen molar-refractivity contribution < 1.29 is 0 Å². The van der Waals surface area contributed by atoms with Crippen molar-refractivity contribution in [3.63, 3.8) is 0 Å². The maximum atomic E-state index is 4.72. The minimum atomic E-state index is 0.609. The number of piperidine rings is 1. The Balaban J connectivity index is 1.56. The maximum absolute atomic E-state index is 4.72. The third kappa shape index (κ3) is 2.22. The van der Waals surface area contributed by atoms with Crippen molar-refractivity contribution >= 4 is 0 Å². The van der Waals surface area contributed by atoms with Crippen LogP contribution in [-0.2, 0) is 6.42 Å². The van der Waals surface area contributed by atoms with E-state index in [0.29, 0.717) is 12.0 Å². The predicted octanol–water partition coefficient (Wildman–Crippen LogP) is 2.57. The number of fused-ring (bicyclic) bond motifs is 3. The van der Waals surface area contributed by atoms with Gasteiger partial charge in [-0.05, 0) is 70.2 Å². The van der Waals surface area contributed by atoms with Gasteiger partial charge in [-0.15, -0.1) is 0 Å². The third-order valence-electron chi connectivity index (χ3n) is 6.41. The minimum Gasteiger partial charge on any atom is -0.316 e. The first-order chi connectivity index (χ1) is 10.3. The number of hydrogen-bond donors (Lipinski definition) is 1. The molecule has 1 aromatic rings. The molecule has 2 aliphatic heterocycles. The van der Waals surface area contributed by atoms with Gasteiger partial charge in [0.1, 0.15) is 0 Å². The normalized spacial score (nSPS) is 36.7. The highest BCUT2D eigenvalue weighted by atomic mass is 15.2. The zero-order chi connectivity index (χ0) is 14.4. The van der Waals surface area contributed by atoms with E-state index >= 15 is 0 Å². The summed E-state index contributed by atoms with van der Waals surface area (Å²) < 4.78 is 0. The van der Waals surface area contributed by atoms with Gasteiger partial charge in [-0.3, -0.25) is 4.98 Å². The summed E-state index contributed by atoms with van der Waals surface area (Å²) in [5, 5.41) is 3.68. The molecule has 3 heteroatoms. The van der Waals surface area contributed by atoms with Gasteiger partial charge in [0.25, 0.3) is 0 Å². The molecule has 4 rings (SSSR count). The minimum absolute atomic E-state index is 0.609. The van der Waals surface area contributed by atoms with Gasteiger partial charge in [0.15, 0.2) is 0 Å². The van der Waals surface area contributed by atoms with Crippen LogP contribution in [0.2, 0.25) is 0 Å². The molecule has 1 N–H and O–H groups in total. The van der Waals surface area contributed by atoms with Gasteiger partial charge < -0.3 is 10.2 Å². The van der Waals surface area contributed by atoms with Gasteiger partial charge in [-0.25, -0.2) is 0 Å². The highest BCUT2D eigenvalue weighted by Crippen LogP contribution is 2.44. The van der Waals surface area contributed by atoms with E-state index in [1.165, 1.54) is 49.8 Å². The second-order valence-corrected chi connectivity index (χ2v) is 7.29. The summed E-state index contributed by atoms with van der Waals surface area (Å²) in [6, 6.07) is 6.63. The molecule has 0 amide bonds. The molecule has 3 heterocycles. The van der Waals surface area contributed by atoms with Crippen molar-refractivity contribution in [2.45, 2.75) is 62.6 Å². The van der Waals surface area contributed by atoms with Crippen molar-refractivity contribution in [2.24, 2.45) is 5.92 Å². The molecule has 1 aromatic heterocycles. The van der Waals surface area contributed by atoms with Gasteiger partial charge in [0, 0.05) is 35.9 Å².